The van der Waals surface area contributed by atoms with Crippen LogP contribution in [-0.4, -0.2) is 48.8 Å². The third kappa shape index (κ3) is 3.68. The van der Waals surface area contributed by atoms with Gasteiger partial charge in [0.15, 0.2) is 0 Å². The molecular weight excluding hydrogens is 218 g/mol. The van der Waals surface area contributed by atoms with Gasteiger partial charge in [-0.15, -0.1) is 0 Å². The van der Waals surface area contributed by atoms with E-state index in [1.807, 2.05) is 20.9 Å². The van der Waals surface area contributed by atoms with Crippen LogP contribution in [0.5, 0.6) is 0 Å². The van der Waals surface area contributed by atoms with Gasteiger partial charge in [-0.25, -0.2) is 0 Å². The number of hydrogen-bond donors (Lipinski definition) is 1. The van der Waals surface area contributed by atoms with Crippen LogP contribution in [-0.2, 0) is 9.53 Å². The first kappa shape index (κ1) is 14.5. The summed E-state index contributed by atoms with van der Waals surface area (Å²) in [5.41, 5.74) is -0.527. The lowest BCUT2D eigenvalue weighted by molar-refractivity contribution is -0.152. The number of methoxy groups -OCH3 is 1. The molecule has 0 amide bonds. The smallest absolute Gasteiger partial charge is 0.312 e. The molecule has 0 radical (unpaired) electrons. The summed E-state index contributed by atoms with van der Waals surface area (Å²) in [6.07, 6.45) is 3.88. The molecule has 1 fully saturated rings. The number of ether oxygens (including phenoxy) is 1. The van der Waals surface area contributed by atoms with E-state index in [9.17, 15) is 9.90 Å². The average molecular weight is 243 g/mol. The van der Waals surface area contributed by atoms with Crippen molar-refractivity contribution in [1.29, 1.82) is 0 Å². The fourth-order valence-electron chi connectivity index (χ4n) is 2.69. The van der Waals surface area contributed by atoms with Crippen molar-refractivity contribution in [2.75, 3.05) is 20.7 Å². The fourth-order valence-corrected chi connectivity index (χ4v) is 2.69. The van der Waals surface area contributed by atoms with Gasteiger partial charge in [-0.05, 0) is 33.7 Å². The molecule has 2 atom stereocenters. The van der Waals surface area contributed by atoms with Gasteiger partial charge in [-0.1, -0.05) is 12.8 Å². The predicted molar refractivity (Wildman–Crippen MR) is 66.7 cm³/mol. The number of nitrogens with zero attached hydrogens (tertiary/aromatic N) is 1. The zero-order valence-corrected chi connectivity index (χ0v) is 11.4. The second-order valence-electron chi connectivity index (χ2n) is 5.71. The number of aliphatic hydroxyl groups is 1. The van der Waals surface area contributed by atoms with Crippen molar-refractivity contribution in [3.8, 4) is 0 Å². The summed E-state index contributed by atoms with van der Waals surface area (Å²) in [6.45, 7) is 4.37. The number of carbonyl (C=O) groups is 1. The minimum Gasteiger partial charge on any atom is -0.469 e. The predicted octanol–water partition coefficient (Wildman–Crippen LogP) is 1.42. The molecule has 2 unspecified atom stereocenters. The Labute approximate surface area is 104 Å². The van der Waals surface area contributed by atoms with E-state index in [-0.39, 0.29) is 18.1 Å². The van der Waals surface area contributed by atoms with Gasteiger partial charge in [0.2, 0.25) is 0 Å². The first-order valence-electron chi connectivity index (χ1n) is 6.35. The number of carbonyl (C=O) groups excluding carboxylic acids is 1. The molecule has 1 aliphatic rings. The van der Waals surface area contributed by atoms with Crippen molar-refractivity contribution in [3.05, 3.63) is 0 Å². The van der Waals surface area contributed by atoms with E-state index in [4.69, 9.17) is 4.74 Å². The molecule has 0 bridgehead atoms. The molecule has 0 aliphatic heterocycles. The van der Waals surface area contributed by atoms with Crippen molar-refractivity contribution in [1.82, 2.24) is 4.90 Å². The molecule has 0 spiro atoms. The maximum absolute atomic E-state index is 11.6. The Hall–Kier alpha value is -0.610. The minimum absolute atomic E-state index is 0.174. The quantitative estimate of drug-likeness (QED) is 0.759. The molecular formula is C13H25NO3. The second-order valence-corrected chi connectivity index (χ2v) is 5.71. The van der Waals surface area contributed by atoms with E-state index in [1.165, 1.54) is 7.11 Å². The van der Waals surface area contributed by atoms with E-state index in [1.54, 1.807) is 0 Å². The second kappa shape index (κ2) is 5.83. The summed E-state index contributed by atoms with van der Waals surface area (Å²) in [7, 11) is 3.39. The highest BCUT2D eigenvalue weighted by atomic mass is 16.5. The highest BCUT2D eigenvalue weighted by Gasteiger charge is 2.34. The average Bonchev–Trinajstić information content (AvgIpc) is 2.27. The fraction of sp³-hybridized carbons (Fsp3) is 0.923. The Bertz CT molecular complexity index is 265. The molecule has 0 aromatic heterocycles. The van der Waals surface area contributed by atoms with Gasteiger partial charge in [-0.2, -0.15) is 0 Å². The van der Waals surface area contributed by atoms with Crippen LogP contribution in [0.25, 0.3) is 0 Å². The standard InChI is InChI=1S/C13H25NO3/c1-13(2,12(16)17-4)9-14(3)10-7-5-6-8-11(10)15/h10-11,15H,5-9H2,1-4H3. The Morgan fingerprint density at radius 2 is 2.00 bits per heavy atom. The number of likely N-dealkylation sites (N-methyl/N-ethyl adjacent to an activating group) is 1. The molecule has 0 heterocycles. The molecule has 1 saturated carbocycles. The highest BCUT2D eigenvalue weighted by molar-refractivity contribution is 5.76. The van der Waals surface area contributed by atoms with Gasteiger partial charge in [0.05, 0.1) is 18.6 Å². The lowest BCUT2D eigenvalue weighted by Gasteiger charge is -2.38. The lowest BCUT2D eigenvalue weighted by Crippen LogP contribution is -2.48. The van der Waals surface area contributed by atoms with E-state index < -0.39 is 5.41 Å². The molecule has 0 saturated heterocycles. The molecule has 1 rings (SSSR count). The summed E-state index contributed by atoms with van der Waals surface area (Å²) >= 11 is 0. The number of esters is 1. The summed E-state index contributed by atoms with van der Waals surface area (Å²) < 4.78 is 4.80. The third-order valence-corrected chi connectivity index (χ3v) is 3.64. The van der Waals surface area contributed by atoms with Crippen molar-refractivity contribution in [2.24, 2.45) is 5.41 Å². The molecule has 0 aromatic rings. The summed E-state index contributed by atoms with van der Waals surface area (Å²) in [5.74, 6) is -0.199. The largest absolute Gasteiger partial charge is 0.469 e. The Kier molecular flexibility index (Phi) is 4.95. The van der Waals surface area contributed by atoms with Gasteiger partial charge >= 0.3 is 5.97 Å². The number of hydrogen-bond acceptors (Lipinski definition) is 4. The van der Waals surface area contributed by atoms with Crippen LogP contribution < -0.4 is 0 Å². The van der Waals surface area contributed by atoms with Crippen molar-refractivity contribution in [3.63, 3.8) is 0 Å². The van der Waals surface area contributed by atoms with Gasteiger partial charge in [0, 0.05) is 12.6 Å². The Balaban J connectivity index is 2.58. The van der Waals surface area contributed by atoms with Crippen LogP contribution in [0.4, 0.5) is 0 Å². The van der Waals surface area contributed by atoms with Gasteiger partial charge in [0.1, 0.15) is 0 Å². The summed E-state index contributed by atoms with van der Waals surface area (Å²) in [5, 5.41) is 9.97. The van der Waals surface area contributed by atoms with Crippen molar-refractivity contribution >= 4 is 5.97 Å². The Morgan fingerprint density at radius 3 is 2.53 bits per heavy atom. The molecule has 4 nitrogen and oxygen atoms in total. The van der Waals surface area contributed by atoms with Crippen molar-refractivity contribution in [2.45, 2.75) is 51.7 Å². The van der Waals surface area contributed by atoms with E-state index in [2.05, 4.69) is 4.90 Å². The normalized spacial score (nSPS) is 26.0. The zero-order valence-electron chi connectivity index (χ0n) is 11.4. The van der Waals surface area contributed by atoms with Gasteiger partial charge in [-0.3, -0.25) is 9.69 Å². The molecule has 1 aliphatic carbocycles. The molecule has 100 valence electrons. The minimum atomic E-state index is -0.527. The molecule has 0 aromatic carbocycles. The van der Waals surface area contributed by atoms with Crippen LogP contribution in [0.15, 0.2) is 0 Å². The summed E-state index contributed by atoms with van der Waals surface area (Å²) in [4.78, 5) is 13.7. The SMILES string of the molecule is COC(=O)C(C)(C)CN(C)C1CCCCC1O. The number of rotatable bonds is 4. The molecule has 4 heteroatoms. The van der Waals surface area contributed by atoms with Crippen LogP contribution in [0.1, 0.15) is 39.5 Å². The molecule has 1 N–H and O–H groups in total. The van der Waals surface area contributed by atoms with Crippen LogP contribution in [0.2, 0.25) is 0 Å². The lowest BCUT2D eigenvalue weighted by atomic mass is 9.88. The van der Waals surface area contributed by atoms with Gasteiger partial charge in [0.25, 0.3) is 0 Å². The maximum atomic E-state index is 11.6. The van der Waals surface area contributed by atoms with E-state index in [0.717, 1.165) is 25.7 Å². The van der Waals surface area contributed by atoms with Crippen LogP contribution >= 0.6 is 0 Å². The zero-order chi connectivity index (χ0) is 13.1. The monoisotopic (exact) mass is 243 g/mol. The maximum Gasteiger partial charge on any atom is 0.312 e. The van der Waals surface area contributed by atoms with Crippen LogP contribution in [0, 0.1) is 5.41 Å². The summed E-state index contributed by atoms with van der Waals surface area (Å²) in [6, 6.07) is 0.174. The molecule has 17 heavy (non-hydrogen) atoms. The first-order valence-corrected chi connectivity index (χ1v) is 6.35. The van der Waals surface area contributed by atoms with E-state index in [0.29, 0.717) is 6.54 Å². The third-order valence-electron chi connectivity index (χ3n) is 3.64. The highest BCUT2D eigenvalue weighted by Crippen LogP contribution is 2.26. The number of aliphatic hydroxyl groups excluding tert-OH is 1. The Morgan fingerprint density at radius 1 is 1.41 bits per heavy atom. The van der Waals surface area contributed by atoms with E-state index >= 15 is 0 Å². The van der Waals surface area contributed by atoms with Crippen molar-refractivity contribution < 1.29 is 14.6 Å². The van der Waals surface area contributed by atoms with Crippen LogP contribution in [0.3, 0.4) is 0 Å². The van der Waals surface area contributed by atoms with Gasteiger partial charge < -0.3 is 9.84 Å². The topological polar surface area (TPSA) is 49.8 Å². The first-order chi connectivity index (χ1) is 7.88.